The first-order chi connectivity index (χ1) is 26.0. The number of hydrogen-bond acceptors (Lipinski definition) is 7. The fourth-order valence-electron chi connectivity index (χ4n) is 6.78. The molecular formula is C44H76N2O7. The maximum Gasteiger partial charge on any atom is 0.407 e. The van der Waals surface area contributed by atoms with Crippen molar-refractivity contribution in [1.82, 2.24) is 10.6 Å². The molecule has 2 amide bonds. The van der Waals surface area contributed by atoms with E-state index in [9.17, 15) is 14.4 Å². The summed E-state index contributed by atoms with van der Waals surface area (Å²) in [5, 5.41) is 5.97. The Kier molecular flexibility index (Phi) is 28.7. The SMILES string of the molecule is CCCCCCCCCCCC(=O)OC(CCCCCCCCCCC)CC(=O)N[C@H](CCCNC(=O)OCc1ccccc1)COC1CCCCO1. The number of rotatable bonds is 33. The summed E-state index contributed by atoms with van der Waals surface area (Å²) in [7, 11) is 0. The first-order valence-corrected chi connectivity index (χ1v) is 21.7. The van der Waals surface area contributed by atoms with Gasteiger partial charge in [0.05, 0.1) is 19.1 Å². The maximum atomic E-state index is 13.5. The van der Waals surface area contributed by atoms with Crippen LogP contribution in [-0.4, -0.2) is 56.2 Å². The van der Waals surface area contributed by atoms with Crippen molar-refractivity contribution in [2.45, 2.75) is 206 Å². The smallest absolute Gasteiger partial charge is 0.407 e. The molecule has 9 nitrogen and oxygen atoms in total. The minimum Gasteiger partial charge on any atom is -0.462 e. The van der Waals surface area contributed by atoms with E-state index in [0.29, 0.717) is 45.4 Å². The lowest BCUT2D eigenvalue weighted by atomic mass is 10.0. The molecule has 2 N–H and O–H groups in total. The number of nitrogens with one attached hydrogen (secondary N) is 2. The van der Waals surface area contributed by atoms with Crippen LogP contribution in [0.3, 0.4) is 0 Å². The van der Waals surface area contributed by atoms with Crippen LogP contribution < -0.4 is 10.6 Å². The summed E-state index contributed by atoms with van der Waals surface area (Å²) in [6, 6.07) is 9.31. The highest BCUT2D eigenvalue weighted by molar-refractivity contribution is 5.77. The summed E-state index contributed by atoms with van der Waals surface area (Å²) in [4.78, 5) is 38.6. The third-order valence-electron chi connectivity index (χ3n) is 10.0. The van der Waals surface area contributed by atoms with Gasteiger partial charge in [-0.2, -0.15) is 0 Å². The summed E-state index contributed by atoms with van der Waals surface area (Å²) in [6.45, 7) is 6.11. The lowest BCUT2D eigenvalue weighted by Gasteiger charge is -2.26. The molecule has 3 atom stereocenters. The van der Waals surface area contributed by atoms with Gasteiger partial charge in [0.25, 0.3) is 0 Å². The van der Waals surface area contributed by atoms with Gasteiger partial charge in [0.15, 0.2) is 6.29 Å². The van der Waals surface area contributed by atoms with Crippen molar-refractivity contribution in [3.05, 3.63) is 35.9 Å². The predicted octanol–water partition coefficient (Wildman–Crippen LogP) is 10.9. The zero-order chi connectivity index (χ0) is 38.0. The van der Waals surface area contributed by atoms with Gasteiger partial charge < -0.3 is 29.6 Å². The Bertz CT molecular complexity index is 1030. The molecular weight excluding hydrogens is 668 g/mol. The summed E-state index contributed by atoms with van der Waals surface area (Å²) < 4.78 is 23.1. The quantitative estimate of drug-likeness (QED) is 0.0544. The van der Waals surface area contributed by atoms with E-state index in [1.807, 2.05) is 30.3 Å². The standard InChI is InChI=1S/C44H76N2O7/c1-3-5-7-9-11-13-15-17-22-30-40(53-42(48)31-23-18-16-14-12-10-8-6-4-2)35-41(47)46-39(37-51-43-32-24-25-34-50-43)29-26-33-45-44(49)52-36-38-27-20-19-21-28-38/h19-21,27-28,39-40,43H,3-18,22-26,29-37H2,1-2H3,(H,45,49)(H,46,47)/t39-,40?,43?/m1/s1. The number of unbranched alkanes of at least 4 members (excludes halogenated alkanes) is 16. The Morgan fingerprint density at radius 2 is 1.38 bits per heavy atom. The van der Waals surface area contributed by atoms with E-state index in [1.54, 1.807) is 0 Å². The van der Waals surface area contributed by atoms with Gasteiger partial charge in [-0.1, -0.05) is 147 Å². The molecule has 2 unspecified atom stereocenters. The molecule has 1 heterocycles. The van der Waals surface area contributed by atoms with Crippen LogP contribution in [0.25, 0.3) is 0 Å². The van der Waals surface area contributed by atoms with Crippen LogP contribution in [0.5, 0.6) is 0 Å². The van der Waals surface area contributed by atoms with Crippen LogP contribution >= 0.6 is 0 Å². The van der Waals surface area contributed by atoms with E-state index in [2.05, 4.69) is 24.5 Å². The number of carbonyl (C=O) groups is 3. The van der Waals surface area contributed by atoms with Gasteiger partial charge in [-0.05, 0) is 56.9 Å². The second kappa shape index (κ2) is 32.8. The Balaban J connectivity index is 1.84. The van der Waals surface area contributed by atoms with Crippen LogP contribution in [0, 0.1) is 0 Å². The molecule has 1 aliphatic heterocycles. The molecule has 0 aromatic heterocycles. The number of benzene rings is 1. The van der Waals surface area contributed by atoms with Crippen molar-refractivity contribution in [2.24, 2.45) is 0 Å². The molecule has 1 aromatic rings. The molecule has 0 bridgehead atoms. The van der Waals surface area contributed by atoms with Gasteiger partial charge in [-0.15, -0.1) is 0 Å². The first-order valence-electron chi connectivity index (χ1n) is 21.7. The highest BCUT2D eigenvalue weighted by Gasteiger charge is 2.22. The Morgan fingerprint density at radius 1 is 0.755 bits per heavy atom. The average Bonchev–Trinajstić information content (AvgIpc) is 3.17. The zero-order valence-corrected chi connectivity index (χ0v) is 33.7. The summed E-state index contributed by atoms with van der Waals surface area (Å²) in [6.07, 6.45) is 25.9. The molecule has 0 radical (unpaired) electrons. The molecule has 2 rings (SSSR count). The number of ether oxygens (including phenoxy) is 4. The van der Waals surface area contributed by atoms with Gasteiger partial charge in [0, 0.05) is 19.6 Å². The molecule has 53 heavy (non-hydrogen) atoms. The third-order valence-corrected chi connectivity index (χ3v) is 10.0. The second-order valence-corrected chi connectivity index (χ2v) is 15.0. The maximum absolute atomic E-state index is 13.5. The monoisotopic (exact) mass is 745 g/mol. The van der Waals surface area contributed by atoms with Crippen molar-refractivity contribution < 1.29 is 33.3 Å². The van der Waals surface area contributed by atoms with Gasteiger partial charge >= 0.3 is 12.1 Å². The lowest BCUT2D eigenvalue weighted by Crippen LogP contribution is -2.42. The fourth-order valence-corrected chi connectivity index (χ4v) is 6.78. The van der Waals surface area contributed by atoms with Crippen LogP contribution in [0.1, 0.15) is 186 Å². The molecule has 9 heteroatoms. The Labute approximate surface area is 322 Å². The van der Waals surface area contributed by atoms with Crippen molar-refractivity contribution in [2.75, 3.05) is 19.8 Å². The zero-order valence-electron chi connectivity index (χ0n) is 33.7. The molecule has 0 spiro atoms. The third kappa shape index (κ3) is 26.7. The van der Waals surface area contributed by atoms with E-state index in [1.165, 1.54) is 83.5 Å². The van der Waals surface area contributed by atoms with Crippen molar-refractivity contribution >= 4 is 18.0 Å². The molecule has 1 aliphatic rings. The normalized spacial score (nSPS) is 15.4. The van der Waals surface area contributed by atoms with Crippen LogP contribution in [0.4, 0.5) is 4.79 Å². The summed E-state index contributed by atoms with van der Waals surface area (Å²) in [5.41, 5.74) is 0.929. The number of carbonyl (C=O) groups excluding carboxylic acids is 3. The van der Waals surface area contributed by atoms with E-state index in [4.69, 9.17) is 18.9 Å². The van der Waals surface area contributed by atoms with Gasteiger partial charge in [0.1, 0.15) is 12.7 Å². The number of esters is 1. The minimum atomic E-state index is -0.468. The molecule has 0 saturated carbocycles. The molecule has 1 fully saturated rings. The molecule has 1 aromatic carbocycles. The minimum absolute atomic E-state index is 0.140. The van der Waals surface area contributed by atoms with Gasteiger partial charge in [-0.25, -0.2) is 4.79 Å². The largest absolute Gasteiger partial charge is 0.462 e. The molecule has 304 valence electrons. The number of amides is 2. The van der Waals surface area contributed by atoms with Gasteiger partial charge in [-0.3, -0.25) is 9.59 Å². The van der Waals surface area contributed by atoms with E-state index in [-0.39, 0.29) is 37.2 Å². The van der Waals surface area contributed by atoms with E-state index >= 15 is 0 Å². The van der Waals surface area contributed by atoms with E-state index < -0.39 is 12.2 Å². The molecule has 1 saturated heterocycles. The molecule has 0 aliphatic carbocycles. The number of hydrogen-bond donors (Lipinski definition) is 2. The summed E-state index contributed by atoms with van der Waals surface area (Å²) in [5.74, 6) is -0.337. The Morgan fingerprint density at radius 3 is 2.00 bits per heavy atom. The lowest BCUT2D eigenvalue weighted by molar-refractivity contribution is -0.167. The van der Waals surface area contributed by atoms with E-state index in [0.717, 1.165) is 56.9 Å². The van der Waals surface area contributed by atoms with Crippen LogP contribution in [0.2, 0.25) is 0 Å². The highest BCUT2D eigenvalue weighted by Crippen LogP contribution is 2.18. The van der Waals surface area contributed by atoms with Crippen molar-refractivity contribution in [3.8, 4) is 0 Å². The summed E-state index contributed by atoms with van der Waals surface area (Å²) >= 11 is 0. The van der Waals surface area contributed by atoms with Crippen molar-refractivity contribution in [3.63, 3.8) is 0 Å². The highest BCUT2D eigenvalue weighted by atomic mass is 16.7. The van der Waals surface area contributed by atoms with Crippen molar-refractivity contribution in [1.29, 1.82) is 0 Å². The Hall–Kier alpha value is -2.65. The average molecular weight is 745 g/mol. The van der Waals surface area contributed by atoms with Crippen LogP contribution in [-0.2, 0) is 35.1 Å². The number of alkyl carbamates (subject to hydrolysis) is 1. The van der Waals surface area contributed by atoms with Crippen LogP contribution in [0.15, 0.2) is 30.3 Å². The topological polar surface area (TPSA) is 112 Å². The van der Waals surface area contributed by atoms with Gasteiger partial charge in [0.2, 0.25) is 5.91 Å². The first kappa shape index (κ1) is 46.5. The predicted molar refractivity (Wildman–Crippen MR) is 214 cm³/mol. The second-order valence-electron chi connectivity index (χ2n) is 15.0. The fraction of sp³-hybridized carbons (Fsp3) is 0.795.